The third-order valence-electron chi connectivity index (χ3n) is 4.38. The molecule has 0 spiro atoms. The molecule has 1 aromatic carbocycles. The third-order valence-corrected chi connectivity index (χ3v) is 4.38. The van der Waals surface area contributed by atoms with E-state index in [0.29, 0.717) is 23.7 Å². The van der Waals surface area contributed by atoms with Crippen LogP contribution < -0.4 is 16.4 Å². The lowest BCUT2D eigenvalue weighted by Crippen LogP contribution is -2.48. The summed E-state index contributed by atoms with van der Waals surface area (Å²) in [7, 11) is 0. The molecule has 1 unspecified atom stereocenters. The molecule has 6 heteroatoms. The summed E-state index contributed by atoms with van der Waals surface area (Å²) in [5, 5.41) is 5.86. The second kappa shape index (κ2) is 9.04. The van der Waals surface area contributed by atoms with Crippen LogP contribution in [-0.2, 0) is 4.79 Å². The molecule has 0 aliphatic heterocycles. The van der Waals surface area contributed by atoms with Gasteiger partial charge in [-0.3, -0.25) is 9.59 Å². The van der Waals surface area contributed by atoms with Gasteiger partial charge in [-0.1, -0.05) is 26.2 Å². The maximum atomic E-state index is 12.2. The number of nitrogens with two attached hydrogens (primary N) is 1. The maximum absolute atomic E-state index is 12.2. The molecule has 0 bridgehead atoms. The first kappa shape index (κ1) is 20.5. The molecular formula is C18H28ClN3O2. The minimum absolute atomic E-state index is 0. The Kier molecular flexibility index (Phi) is 7.70. The van der Waals surface area contributed by atoms with Crippen LogP contribution in [0.3, 0.4) is 0 Å². The number of amides is 2. The largest absolute Gasteiger partial charge is 0.349 e. The van der Waals surface area contributed by atoms with Crippen molar-refractivity contribution in [2.24, 2.45) is 5.73 Å². The highest BCUT2D eigenvalue weighted by molar-refractivity contribution is 5.98. The molecular weight excluding hydrogens is 326 g/mol. The first-order chi connectivity index (χ1) is 10.9. The average molecular weight is 354 g/mol. The summed E-state index contributed by atoms with van der Waals surface area (Å²) in [6.45, 7) is 3.73. The Balaban J connectivity index is 0.00000288. The lowest BCUT2D eigenvalue weighted by molar-refractivity contribution is -0.120. The molecule has 1 aliphatic rings. The molecule has 1 saturated carbocycles. The van der Waals surface area contributed by atoms with Gasteiger partial charge in [0.1, 0.15) is 0 Å². The summed E-state index contributed by atoms with van der Waals surface area (Å²) in [5.41, 5.74) is 6.39. The fourth-order valence-corrected chi connectivity index (χ4v) is 2.95. The number of carbonyl (C=O) groups excluding carboxylic acids is 2. The van der Waals surface area contributed by atoms with Crippen LogP contribution in [-0.4, -0.2) is 23.4 Å². The predicted molar refractivity (Wildman–Crippen MR) is 99.5 cm³/mol. The number of rotatable bonds is 6. The van der Waals surface area contributed by atoms with Crippen molar-refractivity contribution in [3.8, 4) is 0 Å². The number of carbonyl (C=O) groups is 2. The average Bonchev–Trinajstić information content (AvgIpc) is 3.00. The summed E-state index contributed by atoms with van der Waals surface area (Å²) in [6, 6.07) is 7.24. The van der Waals surface area contributed by atoms with Gasteiger partial charge in [-0.2, -0.15) is 0 Å². The summed E-state index contributed by atoms with van der Waals surface area (Å²) < 4.78 is 0. The summed E-state index contributed by atoms with van der Waals surface area (Å²) in [6.07, 6.45) is 5.97. The molecule has 24 heavy (non-hydrogen) atoms. The second-order valence-corrected chi connectivity index (χ2v) is 6.65. The minimum atomic E-state index is -0.882. The van der Waals surface area contributed by atoms with E-state index in [1.165, 1.54) is 12.8 Å². The van der Waals surface area contributed by atoms with Crippen molar-refractivity contribution >= 4 is 29.9 Å². The van der Waals surface area contributed by atoms with E-state index in [-0.39, 0.29) is 24.2 Å². The SMILES string of the molecule is CCCC(C)(N)C(=O)Nc1ccc(C(=O)NC2CCCC2)cc1.Cl. The lowest BCUT2D eigenvalue weighted by atomic mass is 9.96. The fraction of sp³-hybridized carbons (Fsp3) is 0.556. The van der Waals surface area contributed by atoms with E-state index in [0.717, 1.165) is 19.3 Å². The maximum Gasteiger partial charge on any atom is 0.251 e. The van der Waals surface area contributed by atoms with Crippen molar-refractivity contribution in [3.05, 3.63) is 29.8 Å². The van der Waals surface area contributed by atoms with Crippen molar-refractivity contribution in [2.75, 3.05) is 5.32 Å². The van der Waals surface area contributed by atoms with E-state index in [9.17, 15) is 9.59 Å². The monoisotopic (exact) mass is 353 g/mol. The van der Waals surface area contributed by atoms with Gasteiger partial charge in [0.15, 0.2) is 0 Å². The minimum Gasteiger partial charge on any atom is -0.349 e. The van der Waals surface area contributed by atoms with Crippen LogP contribution in [0.25, 0.3) is 0 Å². The van der Waals surface area contributed by atoms with Gasteiger partial charge in [0.05, 0.1) is 5.54 Å². The van der Waals surface area contributed by atoms with E-state index in [2.05, 4.69) is 10.6 Å². The molecule has 134 valence electrons. The number of halogens is 1. The van der Waals surface area contributed by atoms with Crippen molar-refractivity contribution in [1.29, 1.82) is 0 Å². The van der Waals surface area contributed by atoms with Crippen LogP contribution in [0.2, 0.25) is 0 Å². The van der Waals surface area contributed by atoms with Gasteiger partial charge in [0, 0.05) is 17.3 Å². The van der Waals surface area contributed by atoms with E-state index in [1.54, 1.807) is 31.2 Å². The van der Waals surface area contributed by atoms with Gasteiger partial charge < -0.3 is 16.4 Å². The summed E-state index contributed by atoms with van der Waals surface area (Å²) in [4.78, 5) is 24.3. The number of nitrogens with one attached hydrogen (secondary N) is 2. The normalized spacial score (nSPS) is 16.8. The molecule has 4 N–H and O–H groups in total. The first-order valence-corrected chi connectivity index (χ1v) is 8.43. The highest BCUT2D eigenvalue weighted by atomic mass is 35.5. The molecule has 1 aromatic rings. The zero-order valence-electron chi connectivity index (χ0n) is 14.4. The zero-order valence-corrected chi connectivity index (χ0v) is 15.2. The van der Waals surface area contributed by atoms with Crippen molar-refractivity contribution in [2.45, 2.75) is 64.0 Å². The molecule has 0 aromatic heterocycles. The van der Waals surface area contributed by atoms with Gasteiger partial charge in [-0.25, -0.2) is 0 Å². The van der Waals surface area contributed by atoms with Crippen molar-refractivity contribution < 1.29 is 9.59 Å². The molecule has 2 rings (SSSR count). The van der Waals surface area contributed by atoms with Crippen LogP contribution >= 0.6 is 12.4 Å². The Morgan fingerprint density at radius 2 is 1.79 bits per heavy atom. The molecule has 1 atom stereocenters. The van der Waals surface area contributed by atoms with Gasteiger partial charge in [-0.15, -0.1) is 12.4 Å². The van der Waals surface area contributed by atoms with E-state index >= 15 is 0 Å². The highest BCUT2D eigenvalue weighted by Gasteiger charge is 2.27. The Labute approximate surface area is 150 Å². The Morgan fingerprint density at radius 1 is 1.21 bits per heavy atom. The van der Waals surface area contributed by atoms with Crippen molar-refractivity contribution in [1.82, 2.24) is 5.32 Å². The number of hydrogen-bond acceptors (Lipinski definition) is 3. The van der Waals surface area contributed by atoms with E-state index in [4.69, 9.17) is 5.73 Å². The summed E-state index contributed by atoms with van der Waals surface area (Å²) in [5.74, 6) is -0.257. The topological polar surface area (TPSA) is 84.2 Å². The third kappa shape index (κ3) is 5.49. The zero-order chi connectivity index (χ0) is 16.9. The van der Waals surface area contributed by atoms with Crippen LogP contribution in [0, 0.1) is 0 Å². The number of benzene rings is 1. The molecule has 0 saturated heterocycles. The van der Waals surface area contributed by atoms with E-state index in [1.807, 2.05) is 6.92 Å². The van der Waals surface area contributed by atoms with Crippen LogP contribution in [0.4, 0.5) is 5.69 Å². The fourth-order valence-electron chi connectivity index (χ4n) is 2.95. The predicted octanol–water partition coefficient (Wildman–Crippen LogP) is 3.24. The Morgan fingerprint density at radius 3 is 2.33 bits per heavy atom. The lowest BCUT2D eigenvalue weighted by Gasteiger charge is -2.22. The standard InChI is InChI=1S/C18H27N3O2.ClH/c1-3-12-18(2,19)17(23)21-15-10-8-13(9-11-15)16(22)20-14-6-4-5-7-14;/h8-11,14H,3-7,12,19H2,1-2H3,(H,20,22)(H,21,23);1H. The van der Waals surface area contributed by atoms with E-state index < -0.39 is 5.54 Å². The molecule has 1 fully saturated rings. The number of hydrogen-bond donors (Lipinski definition) is 3. The Hall–Kier alpha value is -1.59. The van der Waals surface area contributed by atoms with Gasteiger partial charge in [0.2, 0.25) is 5.91 Å². The van der Waals surface area contributed by atoms with Gasteiger partial charge in [0.25, 0.3) is 5.91 Å². The molecule has 0 radical (unpaired) electrons. The van der Waals surface area contributed by atoms with Crippen LogP contribution in [0.15, 0.2) is 24.3 Å². The van der Waals surface area contributed by atoms with Gasteiger partial charge in [-0.05, 0) is 50.5 Å². The highest BCUT2D eigenvalue weighted by Crippen LogP contribution is 2.19. The Bertz CT molecular complexity index is 552. The smallest absolute Gasteiger partial charge is 0.251 e. The van der Waals surface area contributed by atoms with Crippen LogP contribution in [0.5, 0.6) is 0 Å². The molecule has 0 heterocycles. The summed E-state index contributed by atoms with van der Waals surface area (Å²) >= 11 is 0. The number of anilines is 1. The molecule has 5 nitrogen and oxygen atoms in total. The van der Waals surface area contributed by atoms with Gasteiger partial charge >= 0.3 is 0 Å². The quantitative estimate of drug-likeness (QED) is 0.734. The van der Waals surface area contributed by atoms with Crippen molar-refractivity contribution in [3.63, 3.8) is 0 Å². The van der Waals surface area contributed by atoms with Crippen LogP contribution in [0.1, 0.15) is 62.7 Å². The molecule has 1 aliphatic carbocycles. The second-order valence-electron chi connectivity index (χ2n) is 6.65. The first-order valence-electron chi connectivity index (χ1n) is 8.43. The molecule has 2 amide bonds.